The summed E-state index contributed by atoms with van der Waals surface area (Å²) in [5.74, 6) is 0.0686. The van der Waals surface area contributed by atoms with Gasteiger partial charge in [0.25, 0.3) is 5.91 Å². The highest BCUT2D eigenvalue weighted by Gasteiger charge is 2.42. The largest absolute Gasteiger partial charge is 0.472 e. The van der Waals surface area contributed by atoms with Crippen molar-refractivity contribution in [2.45, 2.75) is 37.3 Å². The van der Waals surface area contributed by atoms with Crippen molar-refractivity contribution in [3.8, 4) is 0 Å². The van der Waals surface area contributed by atoms with Gasteiger partial charge in [0.15, 0.2) is 0 Å². The molecular formula is C18H26N2O4. The summed E-state index contributed by atoms with van der Waals surface area (Å²) in [5.41, 5.74) is 0.593. The highest BCUT2D eigenvalue weighted by atomic mass is 16.5. The Hall–Kier alpha value is -1.37. The van der Waals surface area contributed by atoms with Gasteiger partial charge >= 0.3 is 0 Å². The third-order valence-corrected chi connectivity index (χ3v) is 5.76. The number of hydrogen-bond acceptors (Lipinski definition) is 5. The molecule has 132 valence electrons. The van der Waals surface area contributed by atoms with Gasteiger partial charge in [-0.2, -0.15) is 0 Å². The lowest BCUT2D eigenvalue weighted by atomic mass is 9.81. The van der Waals surface area contributed by atoms with Gasteiger partial charge in [-0.25, -0.2) is 0 Å². The number of amides is 1. The lowest BCUT2D eigenvalue weighted by Crippen LogP contribution is -2.55. The number of carbonyl (C=O) groups excluding carboxylic acids is 1. The first-order valence-electron chi connectivity index (χ1n) is 9.03. The van der Waals surface area contributed by atoms with Gasteiger partial charge in [0.1, 0.15) is 6.26 Å². The van der Waals surface area contributed by atoms with Crippen molar-refractivity contribution in [3.05, 3.63) is 24.2 Å². The molecule has 4 rings (SSSR count). The van der Waals surface area contributed by atoms with Crippen molar-refractivity contribution in [2.75, 3.05) is 46.0 Å². The Balaban J connectivity index is 1.36. The zero-order valence-electron chi connectivity index (χ0n) is 14.1. The van der Waals surface area contributed by atoms with Crippen molar-refractivity contribution >= 4 is 5.91 Å². The van der Waals surface area contributed by atoms with Crippen LogP contribution in [0.25, 0.3) is 0 Å². The molecule has 6 heteroatoms. The molecule has 1 aromatic heterocycles. The molecule has 6 nitrogen and oxygen atoms in total. The maximum Gasteiger partial charge on any atom is 0.257 e. The third-order valence-electron chi connectivity index (χ3n) is 5.76. The van der Waals surface area contributed by atoms with Crippen LogP contribution in [0.3, 0.4) is 0 Å². The fraction of sp³-hybridized carbons (Fsp3) is 0.722. The summed E-state index contributed by atoms with van der Waals surface area (Å²) in [6.45, 7) is 6.11. The van der Waals surface area contributed by atoms with E-state index >= 15 is 0 Å². The molecular weight excluding hydrogens is 308 g/mol. The Labute approximate surface area is 142 Å². The quantitative estimate of drug-likeness (QED) is 0.825. The zero-order valence-corrected chi connectivity index (χ0v) is 14.1. The number of rotatable bonds is 2. The number of ether oxygens (including phenoxy) is 2. The summed E-state index contributed by atoms with van der Waals surface area (Å²) in [6.07, 6.45) is 7.13. The molecule has 1 amide bonds. The number of nitrogens with zero attached hydrogens (tertiary/aromatic N) is 2. The number of furan rings is 1. The van der Waals surface area contributed by atoms with Crippen molar-refractivity contribution in [1.82, 2.24) is 9.80 Å². The molecule has 1 unspecified atom stereocenters. The Bertz CT molecular complexity index is 545. The average Bonchev–Trinajstić information content (AvgIpc) is 3.17. The zero-order chi connectivity index (χ0) is 16.4. The first-order chi connectivity index (χ1) is 11.8. The van der Waals surface area contributed by atoms with Crippen molar-refractivity contribution in [3.63, 3.8) is 0 Å². The van der Waals surface area contributed by atoms with Crippen LogP contribution in [0.2, 0.25) is 0 Å². The normalized spacial score (nSPS) is 28.2. The van der Waals surface area contributed by atoms with E-state index in [4.69, 9.17) is 13.9 Å². The minimum absolute atomic E-state index is 0.0472. The highest BCUT2D eigenvalue weighted by Crippen LogP contribution is 2.37. The van der Waals surface area contributed by atoms with Gasteiger partial charge in [0.05, 0.1) is 30.6 Å². The van der Waals surface area contributed by atoms with Crippen LogP contribution >= 0.6 is 0 Å². The van der Waals surface area contributed by atoms with E-state index in [-0.39, 0.29) is 11.5 Å². The van der Waals surface area contributed by atoms with Crippen LogP contribution in [0.1, 0.15) is 36.0 Å². The molecule has 0 aliphatic carbocycles. The molecule has 3 saturated heterocycles. The number of piperidine rings is 1. The Morgan fingerprint density at radius 2 is 1.92 bits per heavy atom. The molecule has 4 heterocycles. The van der Waals surface area contributed by atoms with Gasteiger partial charge in [-0.1, -0.05) is 0 Å². The van der Waals surface area contributed by atoms with Crippen molar-refractivity contribution in [2.24, 2.45) is 0 Å². The maximum atomic E-state index is 12.4. The molecule has 0 bridgehead atoms. The van der Waals surface area contributed by atoms with Crippen LogP contribution in [0, 0.1) is 0 Å². The van der Waals surface area contributed by atoms with E-state index in [2.05, 4.69) is 4.90 Å². The molecule has 1 aromatic rings. The molecule has 3 aliphatic rings. The second-order valence-corrected chi connectivity index (χ2v) is 7.13. The van der Waals surface area contributed by atoms with Gasteiger partial charge in [0.2, 0.25) is 0 Å². The summed E-state index contributed by atoms with van der Waals surface area (Å²) in [4.78, 5) is 16.9. The monoisotopic (exact) mass is 334 g/mol. The number of likely N-dealkylation sites (tertiary alicyclic amines) is 1. The van der Waals surface area contributed by atoms with E-state index in [0.29, 0.717) is 11.6 Å². The number of hydrogen-bond donors (Lipinski definition) is 0. The van der Waals surface area contributed by atoms with E-state index in [0.717, 1.165) is 71.7 Å². The smallest absolute Gasteiger partial charge is 0.257 e. The Morgan fingerprint density at radius 3 is 2.62 bits per heavy atom. The Kier molecular flexibility index (Phi) is 4.61. The standard InChI is InChI=1S/C18H26N2O4/c21-17(15-1-9-23-14-15)20-5-3-18(4-6-20)13-16(2-10-24-18)19-7-11-22-12-8-19/h1,9,14,16H,2-8,10-13H2. The molecule has 0 N–H and O–H groups in total. The van der Waals surface area contributed by atoms with E-state index in [1.807, 2.05) is 4.90 Å². The molecule has 3 fully saturated rings. The third kappa shape index (κ3) is 3.23. The molecule has 0 saturated carbocycles. The summed E-state index contributed by atoms with van der Waals surface area (Å²) in [6, 6.07) is 2.33. The summed E-state index contributed by atoms with van der Waals surface area (Å²) in [7, 11) is 0. The van der Waals surface area contributed by atoms with Crippen molar-refractivity contribution in [1.29, 1.82) is 0 Å². The second-order valence-electron chi connectivity index (χ2n) is 7.13. The first-order valence-corrected chi connectivity index (χ1v) is 9.03. The topological polar surface area (TPSA) is 55.2 Å². The van der Waals surface area contributed by atoms with Crippen LogP contribution in [-0.2, 0) is 9.47 Å². The minimum atomic E-state index is -0.0472. The van der Waals surface area contributed by atoms with Crippen LogP contribution in [-0.4, -0.2) is 73.3 Å². The molecule has 1 spiro atoms. The average molecular weight is 334 g/mol. The van der Waals surface area contributed by atoms with Crippen molar-refractivity contribution < 1.29 is 18.7 Å². The fourth-order valence-electron chi connectivity index (χ4n) is 4.29. The fourth-order valence-corrected chi connectivity index (χ4v) is 4.29. The summed E-state index contributed by atoms with van der Waals surface area (Å²) in [5, 5.41) is 0. The summed E-state index contributed by atoms with van der Waals surface area (Å²) >= 11 is 0. The lowest BCUT2D eigenvalue weighted by Gasteiger charge is -2.49. The number of carbonyl (C=O) groups is 1. The van der Waals surface area contributed by atoms with Crippen LogP contribution < -0.4 is 0 Å². The molecule has 0 aromatic carbocycles. The van der Waals surface area contributed by atoms with Gasteiger partial charge in [-0.05, 0) is 31.7 Å². The van der Waals surface area contributed by atoms with Gasteiger partial charge in [0, 0.05) is 38.8 Å². The number of morpholine rings is 1. The molecule has 0 radical (unpaired) electrons. The van der Waals surface area contributed by atoms with E-state index in [1.165, 1.54) is 6.26 Å². The minimum Gasteiger partial charge on any atom is -0.472 e. The van der Waals surface area contributed by atoms with Gasteiger partial charge in [-0.3, -0.25) is 9.69 Å². The summed E-state index contributed by atoms with van der Waals surface area (Å²) < 4.78 is 16.7. The predicted octanol–water partition coefficient (Wildman–Crippen LogP) is 1.77. The maximum absolute atomic E-state index is 12.4. The van der Waals surface area contributed by atoms with Crippen LogP contribution in [0.15, 0.2) is 23.0 Å². The van der Waals surface area contributed by atoms with Gasteiger partial charge < -0.3 is 18.8 Å². The SMILES string of the molecule is O=C(c1ccoc1)N1CCC2(CC1)CC(N1CCOCC1)CCO2. The highest BCUT2D eigenvalue weighted by molar-refractivity contribution is 5.93. The Morgan fingerprint density at radius 1 is 1.12 bits per heavy atom. The van der Waals surface area contributed by atoms with Crippen LogP contribution in [0.5, 0.6) is 0 Å². The van der Waals surface area contributed by atoms with E-state index in [9.17, 15) is 4.79 Å². The first kappa shape index (κ1) is 16.1. The molecule has 1 atom stereocenters. The van der Waals surface area contributed by atoms with E-state index < -0.39 is 0 Å². The van der Waals surface area contributed by atoms with Crippen LogP contribution in [0.4, 0.5) is 0 Å². The van der Waals surface area contributed by atoms with Gasteiger partial charge in [-0.15, -0.1) is 0 Å². The second kappa shape index (κ2) is 6.86. The molecule has 3 aliphatic heterocycles. The predicted molar refractivity (Wildman–Crippen MR) is 87.9 cm³/mol. The van der Waals surface area contributed by atoms with E-state index in [1.54, 1.807) is 12.3 Å². The molecule has 24 heavy (non-hydrogen) atoms. The lowest BCUT2D eigenvalue weighted by molar-refractivity contribution is -0.136.